The lowest BCUT2D eigenvalue weighted by Crippen LogP contribution is -1.88. The fraction of sp³-hybridized carbons (Fsp3) is 0.273. The average Bonchev–Trinajstić information content (AvgIpc) is 2.94. The Morgan fingerprint density at radius 1 is 1.41 bits per heavy atom. The van der Waals surface area contributed by atoms with Crippen LogP contribution in [0.1, 0.15) is 19.0 Å². The zero-order valence-corrected chi connectivity index (χ0v) is 10.2. The van der Waals surface area contributed by atoms with E-state index in [-0.39, 0.29) is 0 Å². The highest BCUT2D eigenvalue weighted by atomic mass is 32.1. The van der Waals surface area contributed by atoms with Crippen LogP contribution in [0.3, 0.4) is 0 Å². The Labute approximate surface area is 102 Å². The summed E-state index contributed by atoms with van der Waals surface area (Å²) >= 11 is 1.38. The Morgan fingerprint density at radius 2 is 2.35 bits per heavy atom. The molecule has 86 valence electrons. The van der Waals surface area contributed by atoms with Gasteiger partial charge in [0.25, 0.3) is 0 Å². The van der Waals surface area contributed by atoms with Crippen molar-refractivity contribution in [3.8, 4) is 10.7 Å². The second-order valence-electron chi connectivity index (χ2n) is 3.78. The fourth-order valence-electron chi connectivity index (χ4n) is 1.75. The van der Waals surface area contributed by atoms with Gasteiger partial charge in [-0.05, 0) is 24.0 Å². The minimum atomic E-state index is 0.839. The normalized spacial score (nSPS) is 11.1. The molecule has 0 unspecified atom stereocenters. The van der Waals surface area contributed by atoms with Gasteiger partial charge in [0, 0.05) is 6.20 Å². The number of nitrogens with zero attached hydrogens (tertiary/aromatic N) is 4. The van der Waals surface area contributed by atoms with Gasteiger partial charge in [0.2, 0.25) is 0 Å². The van der Waals surface area contributed by atoms with Crippen LogP contribution < -0.4 is 0 Å². The molecule has 3 aromatic rings. The van der Waals surface area contributed by atoms with Gasteiger partial charge in [0.05, 0.1) is 22.9 Å². The van der Waals surface area contributed by atoms with Gasteiger partial charge in [-0.25, -0.2) is 4.98 Å². The van der Waals surface area contributed by atoms with Crippen molar-refractivity contribution in [2.24, 2.45) is 0 Å². The third kappa shape index (κ3) is 1.80. The highest BCUT2D eigenvalue weighted by Crippen LogP contribution is 2.26. The quantitative estimate of drug-likeness (QED) is 0.769. The summed E-state index contributed by atoms with van der Waals surface area (Å²) < 4.78 is 4.00. The van der Waals surface area contributed by atoms with Crippen molar-refractivity contribution < 1.29 is 0 Å². The van der Waals surface area contributed by atoms with Crippen LogP contribution in [0.25, 0.3) is 21.7 Å². The summed E-state index contributed by atoms with van der Waals surface area (Å²) in [5.41, 5.74) is 2.88. The molecule has 3 heterocycles. The number of hydrogen-bond donors (Lipinski definition) is 1. The summed E-state index contributed by atoms with van der Waals surface area (Å²) in [4.78, 5) is 12.9. The zero-order chi connectivity index (χ0) is 11.7. The number of nitrogens with one attached hydrogen (secondary N) is 1. The molecular formula is C11H11N5S. The number of hydrogen-bond acceptors (Lipinski definition) is 5. The topological polar surface area (TPSA) is 67.3 Å². The lowest BCUT2D eigenvalue weighted by Gasteiger charge is -1.94. The second kappa shape index (κ2) is 4.21. The smallest absolute Gasteiger partial charge is 0.152 e. The maximum atomic E-state index is 4.53. The van der Waals surface area contributed by atoms with E-state index in [1.165, 1.54) is 11.5 Å². The highest BCUT2D eigenvalue weighted by molar-refractivity contribution is 7.09. The van der Waals surface area contributed by atoms with Crippen molar-refractivity contribution in [3.63, 3.8) is 0 Å². The molecule has 0 saturated carbocycles. The van der Waals surface area contributed by atoms with E-state index in [0.29, 0.717) is 0 Å². The lowest BCUT2D eigenvalue weighted by molar-refractivity contribution is 0.870. The van der Waals surface area contributed by atoms with E-state index in [1.807, 2.05) is 6.07 Å². The van der Waals surface area contributed by atoms with Crippen LogP contribution in [0.2, 0.25) is 0 Å². The Bertz CT molecular complexity index is 609. The molecule has 0 aliphatic carbocycles. The minimum absolute atomic E-state index is 0.839. The Hall–Kier alpha value is -1.82. The molecule has 3 aromatic heterocycles. The molecule has 0 saturated heterocycles. The van der Waals surface area contributed by atoms with Gasteiger partial charge in [-0.3, -0.25) is 4.98 Å². The molecule has 0 aliphatic rings. The summed E-state index contributed by atoms with van der Waals surface area (Å²) in [5, 5.41) is 4.15. The first kappa shape index (κ1) is 10.3. The van der Waals surface area contributed by atoms with Crippen molar-refractivity contribution >= 4 is 22.6 Å². The molecule has 0 fully saturated rings. The van der Waals surface area contributed by atoms with Crippen LogP contribution in [0.4, 0.5) is 0 Å². The Morgan fingerprint density at radius 3 is 3.18 bits per heavy atom. The number of rotatable bonds is 3. The van der Waals surface area contributed by atoms with Crippen LogP contribution in [-0.2, 0) is 6.42 Å². The van der Waals surface area contributed by atoms with Crippen molar-refractivity contribution in [1.29, 1.82) is 0 Å². The Balaban J connectivity index is 2.10. The number of pyridine rings is 1. The maximum absolute atomic E-state index is 4.53. The molecule has 0 radical (unpaired) electrons. The molecule has 0 aromatic carbocycles. The first-order valence-electron chi connectivity index (χ1n) is 5.50. The van der Waals surface area contributed by atoms with E-state index in [9.17, 15) is 0 Å². The summed E-state index contributed by atoms with van der Waals surface area (Å²) in [6.07, 6.45) is 5.51. The van der Waals surface area contributed by atoms with E-state index in [4.69, 9.17) is 0 Å². The maximum Gasteiger partial charge on any atom is 0.152 e. The summed E-state index contributed by atoms with van der Waals surface area (Å²) in [6, 6.07) is 1.89. The summed E-state index contributed by atoms with van der Waals surface area (Å²) in [6.45, 7) is 2.13. The third-order valence-corrected chi connectivity index (χ3v) is 3.32. The number of fused-ring (bicyclic) bond motifs is 1. The van der Waals surface area contributed by atoms with Gasteiger partial charge in [-0.2, -0.15) is 0 Å². The van der Waals surface area contributed by atoms with E-state index in [2.05, 4.69) is 31.5 Å². The molecule has 5 nitrogen and oxygen atoms in total. The van der Waals surface area contributed by atoms with Gasteiger partial charge < -0.3 is 4.98 Å². The third-order valence-electron chi connectivity index (χ3n) is 2.54. The highest BCUT2D eigenvalue weighted by Gasteiger charge is 2.13. The van der Waals surface area contributed by atoms with Crippen LogP contribution in [0, 0.1) is 0 Å². The van der Waals surface area contributed by atoms with Gasteiger partial charge in [0.1, 0.15) is 4.88 Å². The first-order chi connectivity index (χ1) is 8.38. The van der Waals surface area contributed by atoms with Gasteiger partial charge in [-0.15, -0.1) is 5.10 Å². The van der Waals surface area contributed by atoms with E-state index in [0.717, 1.165) is 40.3 Å². The van der Waals surface area contributed by atoms with Crippen molar-refractivity contribution in [2.45, 2.75) is 19.8 Å². The molecule has 0 aliphatic heterocycles. The SMILES string of the molecule is CCCc1nnsc1-c1nc2ccncc2[nH]1. The predicted molar refractivity (Wildman–Crippen MR) is 66.8 cm³/mol. The Kier molecular flexibility index (Phi) is 2.56. The van der Waals surface area contributed by atoms with Crippen LogP contribution >= 0.6 is 11.5 Å². The molecule has 3 rings (SSSR count). The molecular weight excluding hydrogens is 234 g/mol. The van der Waals surface area contributed by atoms with E-state index in [1.54, 1.807) is 12.4 Å². The van der Waals surface area contributed by atoms with Gasteiger partial charge in [-0.1, -0.05) is 17.8 Å². The molecule has 0 atom stereocenters. The first-order valence-corrected chi connectivity index (χ1v) is 6.27. The lowest BCUT2D eigenvalue weighted by atomic mass is 10.2. The molecule has 0 bridgehead atoms. The number of imidazole rings is 1. The average molecular weight is 245 g/mol. The van der Waals surface area contributed by atoms with Crippen molar-refractivity contribution in [1.82, 2.24) is 24.5 Å². The molecule has 0 amide bonds. The summed E-state index contributed by atoms with van der Waals surface area (Å²) in [5.74, 6) is 0.839. The number of aromatic nitrogens is 5. The molecule has 6 heteroatoms. The largest absolute Gasteiger partial charge is 0.336 e. The van der Waals surface area contributed by atoms with Crippen LogP contribution in [-0.4, -0.2) is 24.5 Å². The molecule has 17 heavy (non-hydrogen) atoms. The van der Waals surface area contributed by atoms with Crippen LogP contribution in [0.15, 0.2) is 18.5 Å². The molecule has 0 spiro atoms. The van der Waals surface area contributed by atoms with Crippen molar-refractivity contribution in [3.05, 3.63) is 24.2 Å². The second-order valence-corrected chi connectivity index (χ2v) is 4.53. The number of aryl methyl sites for hydroxylation is 1. The molecule has 1 N–H and O–H groups in total. The number of aromatic amines is 1. The minimum Gasteiger partial charge on any atom is -0.336 e. The predicted octanol–water partition coefficient (Wildman–Crippen LogP) is 2.43. The van der Waals surface area contributed by atoms with E-state index >= 15 is 0 Å². The van der Waals surface area contributed by atoms with Gasteiger partial charge in [0.15, 0.2) is 5.82 Å². The standard InChI is InChI=1S/C11H11N5S/c1-2-3-8-10(17-16-15-8)11-13-7-4-5-12-6-9(7)14-11/h4-6H,2-3H2,1H3,(H,13,14). The van der Waals surface area contributed by atoms with Gasteiger partial charge >= 0.3 is 0 Å². The van der Waals surface area contributed by atoms with Crippen LogP contribution in [0.5, 0.6) is 0 Å². The van der Waals surface area contributed by atoms with E-state index < -0.39 is 0 Å². The monoisotopic (exact) mass is 245 g/mol. The number of H-pyrrole nitrogens is 1. The van der Waals surface area contributed by atoms with Crippen molar-refractivity contribution in [2.75, 3.05) is 0 Å². The zero-order valence-electron chi connectivity index (χ0n) is 9.34. The summed E-state index contributed by atoms with van der Waals surface area (Å²) in [7, 11) is 0. The fourth-order valence-corrected chi connectivity index (χ4v) is 2.41.